The van der Waals surface area contributed by atoms with Crippen molar-refractivity contribution in [3.05, 3.63) is 0 Å². The van der Waals surface area contributed by atoms with Crippen molar-refractivity contribution in [2.75, 3.05) is 39.8 Å². The molecule has 1 fully saturated rings. The molecule has 3 nitrogen and oxygen atoms in total. The van der Waals surface area contributed by atoms with Gasteiger partial charge in [0.25, 0.3) is 0 Å². The molecule has 0 amide bonds. The minimum absolute atomic E-state index is 0.279. The number of likely N-dealkylation sites (N-methyl/N-ethyl adjacent to an activating group) is 1. The molecule has 3 heteroatoms. The lowest BCUT2D eigenvalue weighted by Gasteiger charge is -2.47. The van der Waals surface area contributed by atoms with Crippen LogP contribution in [-0.4, -0.2) is 55.1 Å². The van der Waals surface area contributed by atoms with Crippen LogP contribution in [0.4, 0.5) is 0 Å². The van der Waals surface area contributed by atoms with E-state index in [2.05, 4.69) is 30.7 Å². The van der Waals surface area contributed by atoms with E-state index in [1.54, 1.807) is 0 Å². The summed E-state index contributed by atoms with van der Waals surface area (Å²) in [5.41, 5.74) is 6.28. The van der Waals surface area contributed by atoms with Gasteiger partial charge in [-0.05, 0) is 52.5 Å². The van der Waals surface area contributed by atoms with Gasteiger partial charge < -0.3 is 10.6 Å². The van der Waals surface area contributed by atoms with Crippen LogP contribution in [0, 0.1) is 0 Å². The monoisotopic (exact) mass is 213 g/mol. The summed E-state index contributed by atoms with van der Waals surface area (Å²) in [7, 11) is 2.23. The molecule has 1 heterocycles. The Kier molecular flexibility index (Phi) is 5.03. The molecule has 0 aromatic rings. The second-order valence-electron chi connectivity index (χ2n) is 4.78. The van der Waals surface area contributed by atoms with Crippen molar-refractivity contribution in [2.45, 2.75) is 38.6 Å². The van der Waals surface area contributed by atoms with Gasteiger partial charge in [0.1, 0.15) is 0 Å². The van der Waals surface area contributed by atoms with Crippen LogP contribution in [0.25, 0.3) is 0 Å². The maximum absolute atomic E-state index is 6.00. The third-order valence-corrected chi connectivity index (χ3v) is 3.98. The predicted molar refractivity (Wildman–Crippen MR) is 66.1 cm³/mol. The lowest BCUT2D eigenvalue weighted by molar-refractivity contribution is 0.0473. The van der Waals surface area contributed by atoms with Gasteiger partial charge in [0, 0.05) is 12.1 Å². The molecule has 1 aliphatic rings. The smallest absolute Gasteiger partial charge is 0.0353 e. The molecule has 2 N–H and O–H groups in total. The molecule has 0 aliphatic carbocycles. The van der Waals surface area contributed by atoms with E-state index in [-0.39, 0.29) is 5.54 Å². The van der Waals surface area contributed by atoms with Crippen LogP contribution in [0.3, 0.4) is 0 Å². The molecule has 0 aromatic heterocycles. The standard InChI is InChI=1S/C12H27N3/c1-4-8-14(3)12(11-13)6-9-15(5-2)10-7-12/h4-11,13H2,1-3H3. The third-order valence-electron chi connectivity index (χ3n) is 3.98. The highest BCUT2D eigenvalue weighted by Crippen LogP contribution is 2.26. The summed E-state index contributed by atoms with van der Waals surface area (Å²) in [6.07, 6.45) is 3.68. The quantitative estimate of drug-likeness (QED) is 0.743. The second kappa shape index (κ2) is 5.83. The summed E-state index contributed by atoms with van der Waals surface area (Å²) in [5.74, 6) is 0. The van der Waals surface area contributed by atoms with E-state index in [4.69, 9.17) is 5.73 Å². The van der Waals surface area contributed by atoms with E-state index in [1.807, 2.05) is 0 Å². The van der Waals surface area contributed by atoms with Gasteiger partial charge in [-0.2, -0.15) is 0 Å². The minimum Gasteiger partial charge on any atom is -0.329 e. The van der Waals surface area contributed by atoms with Crippen molar-refractivity contribution < 1.29 is 0 Å². The molecule has 1 aliphatic heterocycles. The molecule has 0 bridgehead atoms. The van der Waals surface area contributed by atoms with Crippen molar-refractivity contribution in [2.24, 2.45) is 5.73 Å². The van der Waals surface area contributed by atoms with Crippen molar-refractivity contribution in [3.63, 3.8) is 0 Å². The molecule has 0 unspecified atom stereocenters. The molecule has 1 rings (SSSR count). The van der Waals surface area contributed by atoms with Gasteiger partial charge in [-0.25, -0.2) is 0 Å². The van der Waals surface area contributed by atoms with Gasteiger partial charge in [0.05, 0.1) is 0 Å². The SMILES string of the molecule is CCCN(C)C1(CN)CCN(CC)CC1. The molecule has 0 atom stereocenters. The molecule has 0 spiro atoms. The zero-order valence-electron chi connectivity index (χ0n) is 10.6. The zero-order chi connectivity index (χ0) is 11.3. The minimum atomic E-state index is 0.279. The van der Waals surface area contributed by atoms with E-state index in [9.17, 15) is 0 Å². The van der Waals surface area contributed by atoms with Crippen molar-refractivity contribution in [1.29, 1.82) is 0 Å². The van der Waals surface area contributed by atoms with Crippen LogP contribution >= 0.6 is 0 Å². The van der Waals surface area contributed by atoms with Crippen LogP contribution in [0.2, 0.25) is 0 Å². The van der Waals surface area contributed by atoms with Crippen LogP contribution in [-0.2, 0) is 0 Å². The van der Waals surface area contributed by atoms with Gasteiger partial charge in [-0.1, -0.05) is 13.8 Å². The van der Waals surface area contributed by atoms with Crippen LogP contribution in [0.1, 0.15) is 33.1 Å². The summed E-state index contributed by atoms with van der Waals surface area (Å²) in [4.78, 5) is 5.01. The zero-order valence-corrected chi connectivity index (χ0v) is 10.6. The fourth-order valence-corrected chi connectivity index (χ4v) is 2.60. The maximum atomic E-state index is 6.00. The Labute approximate surface area is 94.6 Å². The molecule has 15 heavy (non-hydrogen) atoms. The highest BCUT2D eigenvalue weighted by atomic mass is 15.2. The van der Waals surface area contributed by atoms with E-state index in [1.165, 1.54) is 45.4 Å². The predicted octanol–water partition coefficient (Wildman–Crippen LogP) is 1.14. The van der Waals surface area contributed by atoms with E-state index < -0.39 is 0 Å². The summed E-state index contributed by atoms with van der Waals surface area (Å²) >= 11 is 0. The number of nitrogens with two attached hydrogens (primary N) is 1. The first-order valence-electron chi connectivity index (χ1n) is 6.32. The summed E-state index contributed by atoms with van der Waals surface area (Å²) in [6, 6.07) is 0. The number of piperidine rings is 1. The fourth-order valence-electron chi connectivity index (χ4n) is 2.60. The van der Waals surface area contributed by atoms with E-state index in [0.717, 1.165) is 6.54 Å². The number of nitrogens with zero attached hydrogens (tertiary/aromatic N) is 2. The Morgan fingerprint density at radius 2 is 1.87 bits per heavy atom. The highest BCUT2D eigenvalue weighted by molar-refractivity contribution is 4.94. The van der Waals surface area contributed by atoms with Gasteiger partial charge in [-0.3, -0.25) is 4.90 Å². The fraction of sp³-hybridized carbons (Fsp3) is 1.00. The largest absolute Gasteiger partial charge is 0.329 e. The third kappa shape index (κ3) is 2.92. The molecule has 1 saturated heterocycles. The average molecular weight is 213 g/mol. The number of rotatable bonds is 5. The van der Waals surface area contributed by atoms with Crippen molar-refractivity contribution >= 4 is 0 Å². The van der Waals surface area contributed by atoms with Gasteiger partial charge >= 0.3 is 0 Å². The normalized spacial score (nSPS) is 22.2. The molecule has 0 aromatic carbocycles. The van der Waals surface area contributed by atoms with Crippen LogP contribution in [0.15, 0.2) is 0 Å². The van der Waals surface area contributed by atoms with Crippen LogP contribution in [0.5, 0.6) is 0 Å². The first kappa shape index (κ1) is 12.9. The Balaban J connectivity index is 2.55. The second-order valence-corrected chi connectivity index (χ2v) is 4.78. The summed E-state index contributed by atoms with van der Waals surface area (Å²) in [5, 5.41) is 0. The Hall–Kier alpha value is -0.120. The van der Waals surface area contributed by atoms with Crippen LogP contribution < -0.4 is 5.73 Å². The molecule has 90 valence electrons. The molecular formula is C12H27N3. The van der Waals surface area contributed by atoms with Gasteiger partial charge in [0.15, 0.2) is 0 Å². The number of hydrogen-bond acceptors (Lipinski definition) is 3. The van der Waals surface area contributed by atoms with E-state index >= 15 is 0 Å². The average Bonchev–Trinajstić information content (AvgIpc) is 2.29. The first-order chi connectivity index (χ1) is 7.18. The van der Waals surface area contributed by atoms with E-state index in [0.29, 0.717) is 0 Å². The van der Waals surface area contributed by atoms with Gasteiger partial charge in [-0.15, -0.1) is 0 Å². The molecule has 0 saturated carbocycles. The number of likely N-dealkylation sites (tertiary alicyclic amines) is 1. The highest BCUT2D eigenvalue weighted by Gasteiger charge is 2.35. The van der Waals surface area contributed by atoms with Crippen molar-refractivity contribution in [1.82, 2.24) is 9.80 Å². The lowest BCUT2D eigenvalue weighted by atomic mass is 9.86. The summed E-state index contributed by atoms with van der Waals surface area (Å²) in [6.45, 7) is 10.1. The summed E-state index contributed by atoms with van der Waals surface area (Å²) < 4.78 is 0. The Morgan fingerprint density at radius 1 is 1.27 bits per heavy atom. The number of hydrogen-bond donors (Lipinski definition) is 1. The molecule has 0 radical (unpaired) electrons. The Bertz CT molecular complexity index is 174. The lowest BCUT2D eigenvalue weighted by Crippen LogP contribution is -2.58. The molecular weight excluding hydrogens is 186 g/mol. The topological polar surface area (TPSA) is 32.5 Å². The Morgan fingerprint density at radius 3 is 2.27 bits per heavy atom. The first-order valence-corrected chi connectivity index (χ1v) is 6.32. The maximum Gasteiger partial charge on any atom is 0.0353 e. The van der Waals surface area contributed by atoms with Crippen molar-refractivity contribution in [3.8, 4) is 0 Å². The van der Waals surface area contributed by atoms with Gasteiger partial charge in [0.2, 0.25) is 0 Å².